The number of aromatic nitrogens is 2. The van der Waals surface area contributed by atoms with Crippen LogP contribution >= 0.6 is 11.6 Å². The number of carbonyl (C=O) groups is 1. The molecule has 1 unspecified atom stereocenters. The molecule has 0 amide bonds. The maximum Gasteiger partial charge on any atom is 0.308 e. The molecule has 0 radical (unpaired) electrons. The fourth-order valence-corrected chi connectivity index (χ4v) is 3.51. The molecule has 4 rings (SSSR count). The van der Waals surface area contributed by atoms with Crippen LogP contribution in [0.15, 0.2) is 47.3 Å². The highest BCUT2D eigenvalue weighted by Gasteiger charge is 2.34. The summed E-state index contributed by atoms with van der Waals surface area (Å²) in [6, 6.07) is 12.4. The highest BCUT2D eigenvalue weighted by molar-refractivity contribution is 6.31. The molecule has 1 N–H and O–H groups in total. The van der Waals surface area contributed by atoms with E-state index in [4.69, 9.17) is 21.1 Å². The van der Waals surface area contributed by atoms with Crippen molar-refractivity contribution in [3.05, 3.63) is 80.4 Å². The average Bonchev–Trinajstić information content (AvgIpc) is 2.59. The van der Waals surface area contributed by atoms with Gasteiger partial charge >= 0.3 is 5.97 Å². The molecule has 0 aliphatic carbocycles. The van der Waals surface area contributed by atoms with Crippen LogP contribution in [-0.4, -0.2) is 15.9 Å². The molecule has 1 atom stereocenters. The van der Waals surface area contributed by atoms with E-state index < -0.39 is 11.9 Å². The number of esters is 1. The van der Waals surface area contributed by atoms with Gasteiger partial charge in [0.2, 0.25) is 5.88 Å². The van der Waals surface area contributed by atoms with E-state index in [0.29, 0.717) is 27.9 Å². The number of rotatable bonds is 2. The number of benzene rings is 2. The lowest BCUT2D eigenvalue weighted by Crippen LogP contribution is -2.25. The Bertz CT molecular complexity index is 1120. The van der Waals surface area contributed by atoms with Crippen LogP contribution in [0.3, 0.4) is 0 Å². The van der Waals surface area contributed by atoms with Crippen LogP contribution in [0.2, 0.25) is 5.02 Å². The zero-order valence-electron chi connectivity index (χ0n) is 14.6. The Morgan fingerprint density at radius 2 is 2.00 bits per heavy atom. The third-order valence-corrected chi connectivity index (χ3v) is 4.65. The molecule has 2 aromatic carbocycles. The minimum Gasteiger partial charge on any atom is -0.438 e. The lowest BCUT2D eigenvalue weighted by molar-refractivity contribution is -0.131. The smallest absolute Gasteiger partial charge is 0.308 e. The van der Waals surface area contributed by atoms with Gasteiger partial charge in [0.05, 0.1) is 5.56 Å². The van der Waals surface area contributed by atoms with E-state index in [-0.39, 0.29) is 11.4 Å². The highest BCUT2D eigenvalue weighted by Crippen LogP contribution is 2.47. The van der Waals surface area contributed by atoms with Crippen LogP contribution in [0.1, 0.15) is 35.4 Å². The molecule has 136 valence electrons. The first-order chi connectivity index (χ1) is 12.9. The van der Waals surface area contributed by atoms with Crippen molar-refractivity contribution in [1.29, 1.82) is 0 Å². The first kappa shape index (κ1) is 17.3. The summed E-state index contributed by atoms with van der Waals surface area (Å²) in [5, 5.41) is 0.533. The van der Waals surface area contributed by atoms with E-state index in [1.807, 2.05) is 18.2 Å². The van der Waals surface area contributed by atoms with E-state index in [2.05, 4.69) is 9.97 Å². The molecule has 0 bridgehead atoms. The summed E-state index contributed by atoms with van der Waals surface area (Å²) in [6.45, 7) is 3.01. The van der Waals surface area contributed by atoms with Gasteiger partial charge in [-0.05, 0) is 24.6 Å². The molecule has 6 nitrogen and oxygen atoms in total. The van der Waals surface area contributed by atoms with Gasteiger partial charge in [-0.2, -0.15) is 4.98 Å². The zero-order valence-corrected chi connectivity index (χ0v) is 15.3. The maximum absolute atomic E-state index is 12.7. The molecule has 0 fully saturated rings. The van der Waals surface area contributed by atoms with Gasteiger partial charge in [-0.3, -0.25) is 9.59 Å². The number of hydrogen-bond acceptors (Lipinski definition) is 5. The van der Waals surface area contributed by atoms with Gasteiger partial charge in [0.25, 0.3) is 5.56 Å². The average molecular weight is 383 g/mol. The van der Waals surface area contributed by atoms with Gasteiger partial charge < -0.3 is 14.5 Å². The van der Waals surface area contributed by atoms with Gasteiger partial charge in [-0.15, -0.1) is 0 Å². The summed E-state index contributed by atoms with van der Waals surface area (Å²) < 4.78 is 11.0. The second-order valence-corrected chi connectivity index (χ2v) is 6.63. The van der Waals surface area contributed by atoms with Crippen molar-refractivity contribution in [1.82, 2.24) is 9.97 Å². The molecule has 27 heavy (non-hydrogen) atoms. The Morgan fingerprint density at radius 3 is 2.74 bits per heavy atom. The van der Waals surface area contributed by atoms with Crippen molar-refractivity contribution in [3.63, 3.8) is 0 Å². The number of fused-ring (bicyclic) bond motifs is 2. The van der Waals surface area contributed by atoms with Crippen molar-refractivity contribution in [3.8, 4) is 17.4 Å². The molecular weight excluding hydrogens is 368 g/mol. The van der Waals surface area contributed by atoms with Crippen molar-refractivity contribution in [2.45, 2.75) is 19.8 Å². The second kappa shape index (κ2) is 6.55. The van der Waals surface area contributed by atoms with E-state index in [9.17, 15) is 9.59 Å². The van der Waals surface area contributed by atoms with Gasteiger partial charge in [-0.25, -0.2) is 0 Å². The Hall–Kier alpha value is -3.12. The second-order valence-electron chi connectivity index (χ2n) is 6.22. The minimum absolute atomic E-state index is 0.216. The van der Waals surface area contributed by atoms with Crippen LogP contribution in [0.4, 0.5) is 0 Å². The predicted octanol–water partition coefficient (Wildman–Crippen LogP) is 3.94. The molecule has 1 aliphatic heterocycles. The fourth-order valence-electron chi connectivity index (χ4n) is 3.26. The molecule has 7 heteroatoms. The SMILES string of the molecule is CC(=O)Oc1ccc2c(c1)Oc1nc(C)[nH]c(=O)c1C2c1ccccc1Cl. The first-order valence-corrected chi connectivity index (χ1v) is 8.67. The van der Waals surface area contributed by atoms with Crippen LogP contribution in [0.25, 0.3) is 0 Å². The molecular formula is C20H15ClN2O4. The standard InChI is InChI=1S/C20H15ClN2O4/c1-10-22-19(25)18-17(13-5-3-4-6-15(13)21)14-8-7-12(26-11(2)24)9-16(14)27-20(18)23-10/h3-9,17H,1-2H3,(H,22,23,25). The lowest BCUT2D eigenvalue weighted by atomic mass is 9.84. The summed E-state index contributed by atoms with van der Waals surface area (Å²) in [6.07, 6.45) is 0. The number of aryl methyl sites for hydroxylation is 1. The number of nitrogens with zero attached hydrogens (tertiary/aromatic N) is 1. The number of aromatic amines is 1. The van der Waals surface area contributed by atoms with Crippen molar-refractivity contribution in [2.75, 3.05) is 0 Å². The monoisotopic (exact) mass is 382 g/mol. The van der Waals surface area contributed by atoms with Gasteiger partial charge in [0.1, 0.15) is 17.3 Å². The summed E-state index contributed by atoms with van der Waals surface area (Å²) in [7, 11) is 0. The minimum atomic E-state index is -0.458. The number of hydrogen-bond donors (Lipinski definition) is 1. The third-order valence-electron chi connectivity index (χ3n) is 4.31. The topological polar surface area (TPSA) is 81.3 Å². The van der Waals surface area contributed by atoms with Gasteiger partial charge in [0.15, 0.2) is 0 Å². The number of nitrogens with one attached hydrogen (secondary N) is 1. The van der Waals surface area contributed by atoms with Gasteiger partial charge in [0, 0.05) is 29.5 Å². The van der Waals surface area contributed by atoms with Crippen molar-refractivity contribution in [2.24, 2.45) is 0 Å². The van der Waals surface area contributed by atoms with E-state index in [1.165, 1.54) is 6.92 Å². The quantitative estimate of drug-likeness (QED) is 0.419. The molecule has 3 aromatic rings. The third kappa shape index (κ3) is 3.08. The highest BCUT2D eigenvalue weighted by atomic mass is 35.5. The van der Waals surface area contributed by atoms with E-state index in [0.717, 1.165) is 11.1 Å². The number of carbonyl (C=O) groups excluding carboxylic acids is 1. The molecule has 0 saturated heterocycles. The van der Waals surface area contributed by atoms with Crippen LogP contribution < -0.4 is 15.0 Å². The van der Waals surface area contributed by atoms with Crippen LogP contribution in [-0.2, 0) is 4.79 Å². The molecule has 0 spiro atoms. The largest absolute Gasteiger partial charge is 0.438 e. The molecule has 1 aliphatic rings. The Balaban J connectivity index is 1.97. The Kier molecular flexibility index (Phi) is 4.20. The summed E-state index contributed by atoms with van der Waals surface area (Å²) in [5.74, 6) is 0.581. The molecule has 2 heterocycles. The Labute approximate surface area is 159 Å². The normalized spacial score (nSPS) is 14.7. The zero-order chi connectivity index (χ0) is 19.1. The van der Waals surface area contributed by atoms with E-state index in [1.54, 1.807) is 31.2 Å². The summed E-state index contributed by atoms with van der Waals surface area (Å²) in [4.78, 5) is 31.0. The van der Waals surface area contributed by atoms with Gasteiger partial charge in [-0.1, -0.05) is 35.9 Å². The number of H-pyrrole nitrogens is 1. The Morgan fingerprint density at radius 1 is 1.22 bits per heavy atom. The number of ether oxygens (including phenoxy) is 2. The van der Waals surface area contributed by atoms with Crippen molar-refractivity contribution < 1.29 is 14.3 Å². The maximum atomic E-state index is 12.7. The molecule has 1 aromatic heterocycles. The summed E-state index contributed by atoms with van der Waals surface area (Å²) >= 11 is 6.43. The fraction of sp³-hybridized carbons (Fsp3) is 0.150. The number of halogens is 1. The first-order valence-electron chi connectivity index (χ1n) is 8.29. The van der Waals surface area contributed by atoms with E-state index >= 15 is 0 Å². The molecule has 0 saturated carbocycles. The predicted molar refractivity (Wildman–Crippen MR) is 99.8 cm³/mol. The lowest BCUT2D eigenvalue weighted by Gasteiger charge is -2.28. The van der Waals surface area contributed by atoms with Crippen LogP contribution in [0.5, 0.6) is 17.4 Å². The summed E-state index contributed by atoms with van der Waals surface area (Å²) in [5.41, 5.74) is 1.61. The van der Waals surface area contributed by atoms with Crippen LogP contribution in [0, 0.1) is 6.92 Å². The van der Waals surface area contributed by atoms with Crippen molar-refractivity contribution >= 4 is 17.6 Å².